The van der Waals surface area contributed by atoms with Gasteiger partial charge in [-0.05, 0) is 38.5 Å². The summed E-state index contributed by atoms with van der Waals surface area (Å²) in [4.78, 5) is 29.0. The molecule has 5 rings (SSSR count). The predicted octanol–water partition coefficient (Wildman–Crippen LogP) is 1.86. The number of nitrogens with zero attached hydrogens (tertiary/aromatic N) is 8. The smallest absolute Gasteiger partial charge is 0.292 e. The molecule has 1 aromatic carbocycles. The molecule has 9 heteroatoms. The van der Waals surface area contributed by atoms with Gasteiger partial charge in [0.25, 0.3) is 0 Å². The second-order valence-corrected chi connectivity index (χ2v) is 8.42. The maximum absolute atomic E-state index is 11.9. The molecule has 3 aromatic heterocycles. The van der Waals surface area contributed by atoms with E-state index in [0.717, 1.165) is 35.2 Å². The van der Waals surface area contributed by atoms with Gasteiger partial charge in [-0.2, -0.15) is 9.77 Å². The Kier molecular flexibility index (Phi) is 4.70. The highest BCUT2D eigenvalue weighted by atomic mass is 16.1. The Morgan fingerprint density at radius 1 is 1.00 bits per heavy atom. The van der Waals surface area contributed by atoms with Crippen molar-refractivity contribution in [2.24, 2.45) is 7.05 Å². The van der Waals surface area contributed by atoms with E-state index in [1.54, 1.807) is 25.6 Å². The number of fused-ring (bicyclic) bond motifs is 2. The van der Waals surface area contributed by atoms with Gasteiger partial charge in [0, 0.05) is 38.1 Å². The molecule has 4 aromatic rings. The van der Waals surface area contributed by atoms with Crippen LogP contribution in [0.1, 0.15) is 32.4 Å². The van der Waals surface area contributed by atoms with Gasteiger partial charge in [0.1, 0.15) is 5.52 Å². The van der Waals surface area contributed by atoms with Crippen LogP contribution in [0.2, 0.25) is 0 Å². The summed E-state index contributed by atoms with van der Waals surface area (Å²) in [6, 6.07) is 7.17. The Labute approximate surface area is 179 Å². The third-order valence-corrected chi connectivity index (χ3v) is 6.39. The van der Waals surface area contributed by atoms with Crippen molar-refractivity contribution in [3.8, 4) is 0 Å². The summed E-state index contributed by atoms with van der Waals surface area (Å²) < 4.78 is 1.54. The van der Waals surface area contributed by atoms with Gasteiger partial charge in [-0.25, -0.2) is 4.79 Å². The Balaban J connectivity index is 1.40. The molecule has 9 nitrogen and oxygen atoms in total. The molecule has 3 atom stereocenters. The fourth-order valence-corrected chi connectivity index (χ4v) is 4.55. The van der Waals surface area contributed by atoms with E-state index in [1.807, 2.05) is 17.1 Å². The normalized spacial score (nSPS) is 21.1. The van der Waals surface area contributed by atoms with Gasteiger partial charge in [0.05, 0.1) is 41.5 Å². The molecule has 0 saturated carbocycles. The van der Waals surface area contributed by atoms with E-state index in [0.29, 0.717) is 6.04 Å². The minimum absolute atomic E-state index is 0.248. The number of benzene rings is 1. The SMILES string of the molecule is C[C@@H]1CN(n2cc3c(cnc(=O)n3C)n2)[C@@H](C)CN1[C@@H](C)c1ccc2nccnc2c1. The van der Waals surface area contributed by atoms with Crippen molar-refractivity contribution in [1.82, 2.24) is 34.3 Å². The van der Waals surface area contributed by atoms with Crippen LogP contribution in [-0.2, 0) is 7.05 Å². The molecule has 160 valence electrons. The zero-order chi connectivity index (χ0) is 21.7. The minimum Gasteiger partial charge on any atom is -0.292 e. The average molecular weight is 419 g/mol. The third-order valence-electron chi connectivity index (χ3n) is 6.39. The van der Waals surface area contributed by atoms with E-state index in [9.17, 15) is 4.79 Å². The number of rotatable bonds is 3. The first-order chi connectivity index (χ1) is 14.9. The first-order valence-electron chi connectivity index (χ1n) is 10.6. The number of hydrogen-bond donors (Lipinski definition) is 0. The van der Waals surface area contributed by atoms with Crippen LogP contribution in [0.4, 0.5) is 0 Å². The third kappa shape index (κ3) is 3.34. The maximum atomic E-state index is 11.9. The number of aryl methyl sites for hydroxylation is 1. The second kappa shape index (κ2) is 7.42. The van der Waals surface area contributed by atoms with Crippen LogP contribution in [0.5, 0.6) is 0 Å². The highest BCUT2D eigenvalue weighted by molar-refractivity contribution is 5.74. The molecule has 1 saturated heterocycles. The van der Waals surface area contributed by atoms with Gasteiger partial charge in [-0.1, -0.05) is 6.07 Å². The Morgan fingerprint density at radius 2 is 1.77 bits per heavy atom. The number of aromatic nitrogens is 6. The molecule has 31 heavy (non-hydrogen) atoms. The summed E-state index contributed by atoms with van der Waals surface area (Å²) in [6.07, 6.45) is 6.92. The van der Waals surface area contributed by atoms with Gasteiger partial charge in [-0.15, -0.1) is 5.10 Å². The first kappa shape index (κ1) is 19.6. The zero-order valence-corrected chi connectivity index (χ0v) is 18.2. The topological polar surface area (TPSA) is 85.0 Å². The number of piperazine rings is 1. The van der Waals surface area contributed by atoms with Crippen molar-refractivity contribution >= 4 is 22.1 Å². The van der Waals surface area contributed by atoms with Crippen molar-refractivity contribution in [1.29, 1.82) is 0 Å². The highest BCUT2D eigenvalue weighted by Crippen LogP contribution is 2.28. The fraction of sp³-hybridized carbons (Fsp3) is 0.409. The largest absolute Gasteiger partial charge is 0.347 e. The molecule has 0 aliphatic carbocycles. The molecular weight excluding hydrogens is 392 g/mol. The van der Waals surface area contributed by atoms with Crippen LogP contribution >= 0.6 is 0 Å². The van der Waals surface area contributed by atoms with Crippen LogP contribution in [0, 0.1) is 0 Å². The zero-order valence-electron chi connectivity index (χ0n) is 18.2. The molecule has 0 spiro atoms. The lowest BCUT2D eigenvalue weighted by atomic mass is 10.0. The van der Waals surface area contributed by atoms with Gasteiger partial charge >= 0.3 is 5.69 Å². The van der Waals surface area contributed by atoms with Crippen molar-refractivity contribution in [2.75, 3.05) is 18.1 Å². The Morgan fingerprint density at radius 3 is 2.58 bits per heavy atom. The van der Waals surface area contributed by atoms with Crippen LogP contribution in [0.3, 0.4) is 0 Å². The van der Waals surface area contributed by atoms with E-state index >= 15 is 0 Å². The fourth-order valence-electron chi connectivity index (χ4n) is 4.55. The first-order valence-corrected chi connectivity index (χ1v) is 10.6. The van der Waals surface area contributed by atoms with Crippen molar-refractivity contribution in [2.45, 2.75) is 38.9 Å². The van der Waals surface area contributed by atoms with E-state index in [1.165, 1.54) is 10.1 Å². The summed E-state index contributed by atoms with van der Waals surface area (Å²) in [5, 5.41) is 6.93. The molecule has 0 radical (unpaired) electrons. The molecule has 1 aliphatic rings. The van der Waals surface area contributed by atoms with E-state index in [4.69, 9.17) is 0 Å². The molecule has 1 aliphatic heterocycles. The van der Waals surface area contributed by atoms with Crippen molar-refractivity contribution < 1.29 is 0 Å². The van der Waals surface area contributed by atoms with Crippen LogP contribution in [-0.4, -0.2) is 59.5 Å². The lowest BCUT2D eigenvalue weighted by Crippen LogP contribution is -2.60. The van der Waals surface area contributed by atoms with Crippen molar-refractivity contribution in [3.05, 3.63) is 59.0 Å². The summed E-state index contributed by atoms with van der Waals surface area (Å²) in [6.45, 7) is 8.43. The monoisotopic (exact) mass is 418 g/mol. The summed E-state index contributed by atoms with van der Waals surface area (Å²) in [7, 11) is 1.73. The van der Waals surface area contributed by atoms with Gasteiger partial charge < -0.3 is 0 Å². The van der Waals surface area contributed by atoms with Gasteiger partial charge in [0.2, 0.25) is 0 Å². The Hall–Kier alpha value is -3.33. The average Bonchev–Trinajstić information content (AvgIpc) is 3.21. The minimum atomic E-state index is -0.271. The lowest BCUT2D eigenvalue weighted by molar-refractivity contribution is 0.103. The van der Waals surface area contributed by atoms with E-state index in [2.05, 4.69) is 62.9 Å². The van der Waals surface area contributed by atoms with Crippen molar-refractivity contribution in [3.63, 3.8) is 0 Å². The standard InChI is InChI=1S/C22H26N8O/c1-14-12-29(30-13-21-20(26-30)10-25-22(31)27(21)4)15(2)11-28(14)16(3)17-5-6-18-19(9-17)24-8-7-23-18/h5-10,13-16H,11-12H2,1-4H3/t14-,15+,16+/m1/s1. The van der Waals surface area contributed by atoms with Gasteiger partial charge in [0.15, 0.2) is 0 Å². The van der Waals surface area contributed by atoms with E-state index in [-0.39, 0.29) is 17.8 Å². The molecule has 0 unspecified atom stereocenters. The summed E-state index contributed by atoms with van der Waals surface area (Å²) >= 11 is 0. The number of hydrogen-bond acceptors (Lipinski definition) is 7. The van der Waals surface area contributed by atoms with Crippen LogP contribution in [0.25, 0.3) is 22.1 Å². The van der Waals surface area contributed by atoms with Gasteiger partial charge in [-0.3, -0.25) is 24.4 Å². The summed E-state index contributed by atoms with van der Waals surface area (Å²) in [5.74, 6) is 0. The summed E-state index contributed by atoms with van der Waals surface area (Å²) in [5.41, 5.74) is 4.31. The second-order valence-electron chi connectivity index (χ2n) is 8.42. The molecular formula is C22H26N8O. The molecule has 4 heterocycles. The lowest BCUT2D eigenvalue weighted by Gasteiger charge is -2.47. The molecule has 1 fully saturated rings. The van der Waals surface area contributed by atoms with E-state index < -0.39 is 0 Å². The Bertz CT molecular complexity index is 1310. The predicted molar refractivity (Wildman–Crippen MR) is 119 cm³/mol. The molecule has 0 bridgehead atoms. The molecule has 0 amide bonds. The molecule has 0 N–H and O–H groups in total. The maximum Gasteiger partial charge on any atom is 0.347 e. The van der Waals surface area contributed by atoms with Crippen LogP contribution < -0.4 is 10.7 Å². The highest BCUT2D eigenvalue weighted by Gasteiger charge is 2.33. The quantitative estimate of drug-likeness (QED) is 0.502. The van der Waals surface area contributed by atoms with Crippen LogP contribution in [0.15, 0.2) is 47.8 Å².